The number of anilines is 2. The molecule has 0 aromatic heterocycles. The summed E-state index contributed by atoms with van der Waals surface area (Å²) in [5, 5.41) is 2.85. The van der Waals surface area contributed by atoms with Gasteiger partial charge in [0.1, 0.15) is 5.75 Å². The van der Waals surface area contributed by atoms with E-state index in [4.69, 9.17) is 10.5 Å². The van der Waals surface area contributed by atoms with Crippen molar-refractivity contribution in [2.75, 3.05) is 38.3 Å². The molecule has 19 heavy (non-hydrogen) atoms. The van der Waals surface area contributed by atoms with Crippen molar-refractivity contribution < 1.29 is 9.53 Å². The molecule has 0 saturated heterocycles. The number of carbonyl (C=O) groups excluding carboxylic acids is 1. The van der Waals surface area contributed by atoms with E-state index in [9.17, 15) is 4.79 Å². The van der Waals surface area contributed by atoms with E-state index < -0.39 is 0 Å². The highest BCUT2D eigenvalue weighted by Crippen LogP contribution is 2.32. The number of hydrogen-bond donors (Lipinski definition) is 2. The lowest BCUT2D eigenvalue weighted by Crippen LogP contribution is -2.19. The smallest absolute Gasteiger partial charge is 0.224 e. The molecule has 0 radical (unpaired) electrons. The van der Waals surface area contributed by atoms with Gasteiger partial charge in [0.15, 0.2) is 0 Å². The van der Waals surface area contributed by atoms with Crippen molar-refractivity contribution in [3.05, 3.63) is 17.7 Å². The number of rotatable bonds is 5. The van der Waals surface area contributed by atoms with Gasteiger partial charge in [0.25, 0.3) is 0 Å². The van der Waals surface area contributed by atoms with Crippen LogP contribution >= 0.6 is 0 Å². The highest BCUT2D eigenvalue weighted by atomic mass is 16.5. The largest absolute Gasteiger partial charge is 0.491 e. The first-order valence-corrected chi connectivity index (χ1v) is 6.56. The van der Waals surface area contributed by atoms with Gasteiger partial charge in [0.2, 0.25) is 5.91 Å². The van der Waals surface area contributed by atoms with E-state index in [1.165, 1.54) is 0 Å². The summed E-state index contributed by atoms with van der Waals surface area (Å²) in [7, 11) is 4.06. The third-order valence-electron chi connectivity index (χ3n) is 3.14. The van der Waals surface area contributed by atoms with Crippen molar-refractivity contribution in [3.63, 3.8) is 0 Å². The SMILES string of the molecule is CN(C)CCCOc1cc2c(cc1N)CCC(=O)N2. The first-order chi connectivity index (χ1) is 9.06. The topological polar surface area (TPSA) is 67.6 Å². The normalized spacial score (nSPS) is 14.2. The standard InChI is InChI=1S/C14H21N3O2/c1-17(2)6-3-7-19-13-9-12-10(8-11(13)15)4-5-14(18)16-12/h8-9H,3-7,15H2,1-2H3,(H,16,18). The maximum Gasteiger partial charge on any atom is 0.224 e. The maximum atomic E-state index is 11.4. The van der Waals surface area contributed by atoms with Crippen LogP contribution in [0.3, 0.4) is 0 Å². The van der Waals surface area contributed by atoms with Gasteiger partial charge in [-0.3, -0.25) is 4.79 Å². The molecule has 1 aromatic carbocycles. The second kappa shape index (κ2) is 5.93. The van der Waals surface area contributed by atoms with E-state index in [0.717, 1.165) is 30.6 Å². The van der Waals surface area contributed by atoms with Gasteiger partial charge in [-0.15, -0.1) is 0 Å². The van der Waals surface area contributed by atoms with Crippen LogP contribution in [0.15, 0.2) is 12.1 Å². The molecule has 1 aliphatic heterocycles. The van der Waals surface area contributed by atoms with Crippen molar-refractivity contribution >= 4 is 17.3 Å². The number of ether oxygens (including phenoxy) is 1. The summed E-state index contributed by atoms with van der Waals surface area (Å²) in [6.07, 6.45) is 2.21. The van der Waals surface area contributed by atoms with E-state index in [-0.39, 0.29) is 5.91 Å². The minimum Gasteiger partial charge on any atom is -0.491 e. The molecule has 2 rings (SSSR count). The van der Waals surface area contributed by atoms with E-state index in [2.05, 4.69) is 10.2 Å². The van der Waals surface area contributed by atoms with Gasteiger partial charge in [-0.05, 0) is 38.6 Å². The molecule has 3 N–H and O–H groups in total. The fourth-order valence-corrected chi connectivity index (χ4v) is 2.12. The monoisotopic (exact) mass is 263 g/mol. The summed E-state index contributed by atoms with van der Waals surface area (Å²) >= 11 is 0. The molecule has 0 fully saturated rings. The van der Waals surface area contributed by atoms with Crippen LogP contribution in [-0.2, 0) is 11.2 Å². The minimum absolute atomic E-state index is 0.0517. The Morgan fingerprint density at radius 1 is 1.37 bits per heavy atom. The Kier molecular flexibility index (Phi) is 4.27. The van der Waals surface area contributed by atoms with Crippen molar-refractivity contribution in [2.45, 2.75) is 19.3 Å². The number of nitrogens with zero attached hydrogens (tertiary/aromatic N) is 1. The lowest BCUT2D eigenvalue weighted by atomic mass is 10.0. The predicted molar refractivity (Wildman–Crippen MR) is 76.5 cm³/mol. The van der Waals surface area contributed by atoms with Crippen molar-refractivity contribution in [1.29, 1.82) is 0 Å². The van der Waals surface area contributed by atoms with Gasteiger partial charge in [-0.2, -0.15) is 0 Å². The van der Waals surface area contributed by atoms with E-state index >= 15 is 0 Å². The lowest BCUT2D eigenvalue weighted by molar-refractivity contribution is -0.116. The molecule has 0 atom stereocenters. The number of fused-ring (bicyclic) bond motifs is 1. The molecule has 0 spiro atoms. The quantitative estimate of drug-likeness (QED) is 0.624. The highest BCUT2D eigenvalue weighted by Gasteiger charge is 2.17. The molecule has 5 heteroatoms. The average molecular weight is 263 g/mol. The van der Waals surface area contributed by atoms with Crippen LogP contribution in [0.2, 0.25) is 0 Å². The average Bonchev–Trinajstić information content (AvgIpc) is 2.35. The fraction of sp³-hybridized carbons (Fsp3) is 0.500. The van der Waals surface area contributed by atoms with Crippen LogP contribution in [0.1, 0.15) is 18.4 Å². The van der Waals surface area contributed by atoms with Gasteiger partial charge in [0.05, 0.1) is 12.3 Å². The predicted octanol–water partition coefficient (Wildman–Crippen LogP) is 1.48. The number of carbonyl (C=O) groups is 1. The molecule has 1 heterocycles. The Morgan fingerprint density at radius 2 is 2.16 bits per heavy atom. The van der Waals surface area contributed by atoms with Crippen LogP contribution in [0.4, 0.5) is 11.4 Å². The molecule has 1 aliphatic rings. The van der Waals surface area contributed by atoms with E-state index in [1.54, 1.807) is 0 Å². The van der Waals surface area contributed by atoms with Crippen molar-refractivity contribution in [2.24, 2.45) is 0 Å². The Bertz CT molecular complexity index is 472. The summed E-state index contributed by atoms with van der Waals surface area (Å²) in [5.41, 5.74) is 8.52. The molecule has 0 unspecified atom stereocenters. The summed E-state index contributed by atoms with van der Waals surface area (Å²) in [5.74, 6) is 0.704. The molecule has 0 aliphatic carbocycles. The van der Waals surface area contributed by atoms with Gasteiger partial charge >= 0.3 is 0 Å². The van der Waals surface area contributed by atoms with Gasteiger partial charge < -0.3 is 20.7 Å². The van der Waals surface area contributed by atoms with Crippen LogP contribution in [0, 0.1) is 0 Å². The molecule has 0 saturated carbocycles. The Morgan fingerprint density at radius 3 is 2.89 bits per heavy atom. The van der Waals surface area contributed by atoms with Crippen LogP contribution in [0.25, 0.3) is 0 Å². The minimum atomic E-state index is 0.0517. The number of nitrogen functional groups attached to an aromatic ring is 1. The molecule has 1 aromatic rings. The van der Waals surface area contributed by atoms with Crippen LogP contribution in [-0.4, -0.2) is 38.1 Å². The number of aryl methyl sites for hydroxylation is 1. The van der Waals surface area contributed by atoms with Gasteiger partial charge in [-0.25, -0.2) is 0 Å². The number of nitrogens with two attached hydrogens (primary N) is 1. The number of nitrogens with one attached hydrogen (secondary N) is 1. The maximum absolute atomic E-state index is 11.4. The summed E-state index contributed by atoms with van der Waals surface area (Å²) in [4.78, 5) is 13.5. The summed E-state index contributed by atoms with van der Waals surface area (Å²) in [6, 6.07) is 3.73. The van der Waals surface area contributed by atoms with Gasteiger partial charge in [0, 0.05) is 24.7 Å². The first-order valence-electron chi connectivity index (χ1n) is 6.56. The summed E-state index contributed by atoms with van der Waals surface area (Å²) in [6.45, 7) is 1.59. The van der Waals surface area contributed by atoms with Crippen LogP contribution in [0.5, 0.6) is 5.75 Å². The number of benzene rings is 1. The molecular weight excluding hydrogens is 242 g/mol. The molecular formula is C14H21N3O2. The third kappa shape index (κ3) is 3.61. The van der Waals surface area contributed by atoms with Crippen LogP contribution < -0.4 is 15.8 Å². The third-order valence-corrected chi connectivity index (χ3v) is 3.14. The Hall–Kier alpha value is -1.75. The van der Waals surface area contributed by atoms with Crippen molar-refractivity contribution in [1.82, 2.24) is 4.90 Å². The van der Waals surface area contributed by atoms with E-state index in [0.29, 0.717) is 24.5 Å². The number of amides is 1. The second-order valence-electron chi connectivity index (χ2n) is 5.10. The molecule has 5 nitrogen and oxygen atoms in total. The molecule has 0 bridgehead atoms. The zero-order chi connectivity index (χ0) is 13.8. The molecule has 1 amide bonds. The highest BCUT2D eigenvalue weighted by molar-refractivity contribution is 5.94. The van der Waals surface area contributed by atoms with Gasteiger partial charge in [-0.1, -0.05) is 0 Å². The van der Waals surface area contributed by atoms with E-state index in [1.807, 2.05) is 26.2 Å². The zero-order valence-electron chi connectivity index (χ0n) is 11.5. The second-order valence-corrected chi connectivity index (χ2v) is 5.10. The zero-order valence-corrected chi connectivity index (χ0v) is 11.5. The molecule has 104 valence electrons. The fourth-order valence-electron chi connectivity index (χ4n) is 2.12. The number of hydrogen-bond acceptors (Lipinski definition) is 4. The van der Waals surface area contributed by atoms with Crippen molar-refractivity contribution in [3.8, 4) is 5.75 Å². The summed E-state index contributed by atoms with van der Waals surface area (Å²) < 4.78 is 5.69. The first kappa shape index (κ1) is 13.7. The Labute approximate surface area is 113 Å². The Balaban J connectivity index is 2.01. The lowest BCUT2D eigenvalue weighted by Gasteiger charge is -2.19.